The summed E-state index contributed by atoms with van der Waals surface area (Å²) in [4.78, 5) is 19.5. The maximum Gasteiger partial charge on any atom is 0.417 e. The van der Waals surface area contributed by atoms with Gasteiger partial charge in [-0.15, -0.1) is 0 Å². The lowest BCUT2D eigenvalue weighted by Crippen LogP contribution is -2.15. The Balaban J connectivity index is 2.17. The minimum absolute atomic E-state index is 0.106. The van der Waals surface area contributed by atoms with Crippen LogP contribution in [0.1, 0.15) is 21.7 Å². The van der Waals surface area contributed by atoms with Crippen molar-refractivity contribution in [1.29, 1.82) is 0 Å². The quantitative estimate of drug-likeness (QED) is 0.829. The third kappa shape index (κ3) is 3.78. The largest absolute Gasteiger partial charge is 0.417 e. The Bertz CT molecular complexity index is 671. The fraction of sp³-hybridized carbons (Fsp3) is 0.154. The van der Waals surface area contributed by atoms with Gasteiger partial charge in [-0.1, -0.05) is 0 Å². The van der Waals surface area contributed by atoms with Gasteiger partial charge in [0.25, 0.3) is 5.91 Å². The number of pyridine rings is 2. The van der Waals surface area contributed by atoms with Crippen molar-refractivity contribution in [2.45, 2.75) is 13.1 Å². The Morgan fingerprint density at radius 1 is 1.24 bits per heavy atom. The Kier molecular flexibility index (Phi) is 4.26. The van der Waals surface area contributed by atoms with E-state index in [4.69, 9.17) is 0 Å². The molecule has 0 saturated carbocycles. The highest BCUT2D eigenvalue weighted by molar-refractivity contribution is 9.10. The predicted molar refractivity (Wildman–Crippen MR) is 73.9 cm³/mol. The Morgan fingerprint density at radius 2 is 1.95 bits per heavy atom. The number of carbonyl (C=O) groups is 1. The molecular formula is C13H9BrF3N3O. The van der Waals surface area contributed by atoms with E-state index in [1.54, 1.807) is 19.1 Å². The van der Waals surface area contributed by atoms with E-state index in [0.717, 1.165) is 12.1 Å². The van der Waals surface area contributed by atoms with Crippen molar-refractivity contribution in [1.82, 2.24) is 9.97 Å². The van der Waals surface area contributed by atoms with Crippen molar-refractivity contribution in [3.63, 3.8) is 0 Å². The number of carbonyl (C=O) groups excluding carboxylic acids is 1. The zero-order chi connectivity index (χ0) is 15.6. The van der Waals surface area contributed by atoms with E-state index in [2.05, 4.69) is 31.2 Å². The molecule has 0 spiro atoms. The van der Waals surface area contributed by atoms with Crippen molar-refractivity contribution < 1.29 is 18.0 Å². The Morgan fingerprint density at radius 3 is 2.48 bits per heavy atom. The number of amides is 1. The molecule has 0 radical (unpaired) electrons. The molecule has 0 aliphatic rings. The van der Waals surface area contributed by atoms with Crippen LogP contribution in [0.5, 0.6) is 0 Å². The highest BCUT2D eigenvalue weighted by Crippen LogP contribution is 2.28. The lowest BCUT2D eigenvalue weighted by Gasteiger charge is -2.09. The van der Waals surface area contributed by atoms with Crippen LogP contribution in [-0.4, -0.2) is 15.9 Å². The first-order valence-corrected chi connectivity index (χ1v) is 6.54. The summed E-state index contributed by atoms with van der Waals surface area (Å²) >= 11 is 3.19. The second kappa shape index (κ2) is 5.80. The molecule has 2 aromatic heterocycles. The lowest BCUT2D eigenvalue weighted by molar-refractivity contribution is -0.137. The summed E-state index contributed by atoms with van der Waals surface area (Å²) in [7, 11) is 0. The van der Waals surface area contributed by atoms with Crippen LogP contribution in [0.25, 0.3) is 0 Å². The van der Waals surface area contributed by atoms with Gasteiger partial charge < -0.3 is 5.32 Å². The number of aromatic nitrogens is 2. The van der Waals surface area contributed by atoms with Gasteiger partial charge in [0.05, 0.1) is 16.9 Å². The maximum atomic E-state index is 12.4. The number of hydrogen-bond acceptors (Lipinski definition) is 3. The highest BCUT2D eigenvalue weighted by Gasteiger charge is 2.30. The number of nitrogens with zero attached hydrogens (tertiary/aromatic N) is 2. The van der Waals surface area contributed by atoms with Crippen LogP contribution < -0.4 is 5.32 Å². The third-order valence-electron chi connectivity index (χ3n) is 2.62. The van der Waals surface area contributed by atoms with Gasteiger partial charge in [-0.25, -0.2) is 4.98 Å². The smallest absolute Gasteiger partial charge is 0.319 e. The monoisotopic (exact) mass is 359 g/mol. The van der Waals surface area contributed by atoms with Gasteiger partial charge in [-0.2, -0.15) is 13.2 Å². The molecule has 2 rings (SSSR count). The average molecular weight is 360 g/mol. The molecule has 8 heteroatoms. The summed E-state index contributed by atoms with van der Waals surface area (Å²) < 4.78 is 37.8. The second-order valence-electron chi connectivity index (χ2n) is 4.15. The first kappa shape index (κ1) is 15.4. The summed E-state index contributed by atoms with van der Waals surface area (Å²) in [6.07, 6.45) is -3.85. The number of hydrogen-bond donors (Lipinski definition) is 1. The van der Waals surface area contributed by atoms with E-state index in [9.17, 15) is 18.0 Å². The van der Waals surface area contributed by atoms with Gasteiger partial charge >= 0.3 is 6.18 Å². The SMILES string of the molecule is Cc1nc(Br)ccc1NC(=O)c1ccc(C(F)(F)F)cn1. The topological polar surface area (TPSA) is 54.9 Å². The Hall–Kier alpha value is -1.96. The summed E-state index contributed by atoms with van der Waals surface area (Å²) in [6, 6.07) is 5.12. The van der Waals surface area contributed by atoms with E-state index < -0.39 is 17.6 Å². The minimum Gasteiger partial charge on any atom is -0.319 e. The summed E-state index contributed by atoms with van der Waals surface area (Å²) in [6.45, 7) is 1.69. The molecule has 0 unspecified atom stereocenters. The number of anilines is 1. The minimum atomic E-state index is -4.48. The molecule has 0 fully saturated rings. The van der Waals surface area contributed by atoms with Gasteiger partial charge in [0.2, 0.25) is 0 Å². The fourth-order valence-corrected chi connectivity index (χ4v) is 1.94. The molecule has 0 saturated heterocycles. The van der Waals surface area contributed by atoms with Gasteiger partial charge in [0, 0.05) is 6.20 Å². The predicted octanol–water partition coefficient (Wildman–Crippen LogP) is 3.82. The van der Waals surface area contributed by atoms with E-state index in [0.29, 0.717) is 22.2 Å². The van der Waals surface area contributed by atoms with Crippen molar-refractivity contribution in [2.75, 3.05) is 5.32 Å². The first-order chi connectivity index (χ1) is 9.77. The number of nitrogens with one attached hydrogen (secondary N) is 1. The lowest BCUT2D eigenvalue weighted by atomic mass is 10.2. The van der Waals surface area contributed by atoms with Crippen LogP contribution in [-0.2, 0) is 6.18 Å². The van der Waals surface area contributed by atoms with Crippen molar-refractivity contribution in [2.24, 2.45) is 0 Å². The van der Waals surface area contributed by atoms with Crippen LogP contribution in [0, 0.1) is 6.92 Å². The van der Waals surface area contributed by atoms with Gasteiger partial charge in [-0.05, 0) is 47.1 Å². The molecular weight excluding hydrogens is 351 g/mol. The van der Waals surface area contributed by atoms with Crippen LogP contribution in [0.4, 0.5) is 18.9 Å². The molecule has 110 valence electrons. The molecule has 1 amide bonds. The van der Waals surface area contributed by atoms with E-state index >= 15 is 0 Å². The molecule has 21 heavy (non-hydrogen) atoms. The number of aryl methyl sites for hydroxylation is 1. The average Bonchev–Trinajstić information content (AvgIpc) is 2.41. The standard InChI is InChI=1S/C13H9BrF3N3O/c1-7-9(4-5-11(14)19-7)20-12(21)10-3-2-8(6-18-10)13(15,16)17/h2-6H,1H3,(H,20,21). The molecule has 0 aromatic carbocycles. The second-order valence-corrected chi connectivity index (χ2v) is 4.96. The molecule has 2 aromatic rings. The van der Waals surface area contributed by atoms with Crippen LogP contribution in [0.2, 0.25) is 0 Å². The number of rotatable bonds is 2. The van der Waals surface area contributed by atoms with Crippen LogP contribution >= 0.6 is 15.9 Å². The number of halogens is 4. The summed E-state index contributed by atoms with van der Waals surface area (Å²) in [5.41, 5.74) is 0.0281. The zero-order valence-corrected chi connectivity index (χ0v) is 12.3. The van der Waals surface area contributed by atoms with Gasteiger partial charge in [0.15, 0.2) is 0 Å². The summed E-state index contributed by atoms with van der Waals surface area (Å²) in [5.74, 6) is -0.601. The fourth-order valence-electron chi connectivity index (χ4n) is 1.54. The molecule has 1 N–H and O–H groups in total. The third-order valence-corrected chi connectivity index (χ3v) is 3.07. The molecule has 0 aliphatic carbocycles. The van der Waals surface area contributed by atoms with Crippen molar-refractivity contribution in [3.05, 3.63) is 52.0 Å². The number of alkyl halides is 3. The summed E-state index contributed by atoms with van der Waals surface area (Å²) in [5, 5.41) is 2.55. The molecule has 2 heterocycles. The van der Waals surface area contributed by atoms with Crippen molar-refractivity contribution >= 4 is 27.5 Å². The van der Waals surface area contributed by atoms with Crippen LogP contribution in [0.15, 0.2) is 35.1 Å². The van der Waals surface area contributed by atoms with Crippen molar-refractivity contribution in [3.8, 4) is 0 Å². The first-order valence-electron chi connectivity index (χ1n) is 5.75. The van der Waals surface area contributed by atoms with Gasteiger partial charge in [0.1, 0.15) is 10.3 Å². The molecule has 0 atom stereocenters. The molecule has 4 nitrogen and oxygen atoms in total. The molecule has 0 aliphatic heterocycles. The van der Waals surface area contributed by atoms with E-state index in [1.807, 2.05) is 0 Å². The van der Waals surface area contributed by atoms with E-state index in [1.165, 1.54) is 0 Å². The van der Waals surface area contributed by atoms with Crippen LogP contribution in [0.3, 0.4) is 0 Å². The Labute approximate surface area is 126 Å². The highest BCUT2D eigenvalue weighted by atomic mass is 79.9. The molecule has 0 bridgehead atoms. The van der Waals surface area contributed by atoms with Gasteiger partial charge in [-0.3, -0.25) is 9.78 Å². The maximum absolute atomic E-state index is 12.4. The van der Waals surface area contributed by atoms with E-state index in [-0.39, 0.29) is 5.69 Å². The normalized spacial score (nSPS) is 11.3. The zero-order valence-electron chi connectivity index (χ0n) is 10.7.